The summed E-state index contributed by atoms with van der Waals surface area (Å²) in [5.74, 6) is -3.93. The van der Waals surface area contributed by atoms with Gasteiger partial charge in [-0.1, -0.05) is 18.7 Å². The van der Waals surface area contributed by atoms with Crippen molar-refractivity contribution in [1.29, 1.82) is 0 Å². The number of thioether (sulfide) groups is 1. The summed E-state index contributed by atoms with van der Waals surface area (Å²) < 4.78 is 62.8. The molecule has 7 heteroatoms. The van der Waals surface area contributed by atoms with E-state index in [0.717, 1.165) is 11.8 Å². The molecule has 0 N–H and O–H groups in total. The average Bonchev–Trinajstić information content (AvgIpc) is 2.26. The van der Waals surface area contributed by atoms with Crippen molar-refractivity contribution in [2.75, 3.05) is 12.4 Å². The molecule has 0 radical (unpaired) electrons. The van der Waals surface area contributed by atoms with Gasteiger partial charge in [0.05, 0.1) is 0 Å². The van der Waals surface area contributed by atoms with E-state index in [4.69, 9.17) is 0 Å². The average molecular weight is 278 g/mol. The predicted octanol–water partition coefficient (Wildman–Crippen LogP) is 3.72. The van der Waals surface area contributed by atoms with Gasteiger partial charge in [0.25, 0.3) is 5.92 Å². The highest BCUT2D eigenvalue weighted by Crippen LogP contribution is 2.30. The summed E-state index contributed by atoms with van der Waals surface area (Å²) in [5.41, 5.74) is 0. The zero-order valence-corrected chi connectivity index (χ0v) is 10.2. The maximum absolute atomic E-state index is 13.1. The van der Waals surface area contributed by atoms with E-state index >= 15 is 0 Å². The van der Waals surface area contributed by atoms with Crippen LogP contribution in [0.15, 0.2) is 0 Å². The maximum Gasteiger partial charge on any atom is 0.284 e. The van der Waals surface area contributed by atoms with Crippen molar-refractivity contribution in [3.8, 4) is 0 Å². The second-order valence-electron chi connectivity index (χ2n) is 3.55. The largest absolute Gasteiger partial charge is 0.287 e. The van der Waals surface area contributed by atoms with Crippen molar-refractivity contribution in [2.24, 2.45) is 0 Å². The van der Waals surface area contributed by atoms with Crippen LogP contribution in [0, 0.1) is 0 Å². The normalized spacial score (nSPS) is 15.6. The van der Waals surface area contributed by atoms with Crippen LogP contribution in [0.25, 0.3) is 0 Å². The summed E-state index contributed by atoms with van der Waals surface area (Å²) in [6, 6.07) is 0. The van der Waals surface area contributed by atoms with Gasteiger partial charge >= 0.3 is 0 Å². The standard InChI is InChI=1S/C10H15F5OS/c1-2-9(16)17-4-3-7(12)5-10(14,15)8(13)6-11/h7-8H,2-6H2,1H3. The fraction of sp³-hybridized carbons (Fsp3) is 0.900. The Morgan fingerprint density at radius 3 is 2.41 bits per heavy atom. The molecule has 0 saturated heterocycles. The van der Waals surface area contributed by atoms with E-state index in [9.17, 15) is 26.7 Å². The minimum Gasteiger partial charge on any atom is -0.287 e. The lowest BCUT2D eigenvalue weighted by Crippen LogP contribution is -2.34. The zero-order chi connectivity index (χ0) is 13.5. The van der Waals surface area contributed by atoms with Crippen LogP contribution in [0.3, 0.4) is 0 Å². The summed E-state index contributed by atoms with van der Waals surface area (Å²) in [6.45, 7) is -0.200. The summed E-state index contributed by atoms with van der Waals surface area (Å²) in [6.07, 6.45) is -6.24. The molecule has 2 atom stereocenters. The number of rotatable bonds is 8. The van der Waals surface area contributed by atoms with Crippen molar-refractivity contribution in [3.05, 3.63) is 0 Å². The lowest BCUT2D eigenvalue weighted by atomic mass is 10.1. The van der Waals surface area contributed by atoms with Gasteiger partial charge in [0.1, 0.15) is 12.8 Å². The van der Waals surface area contributed by atoms with E-state index in [1.807, 2.05) is 0 Å². The van der Waals surface area contributed by atoms with Crippen LogP contribution in [0.4, 0.5) is 22.0 Å². The first kappa shape index (κ1) is 16.7. The first-order chi connectivity index (χ1) is 7.83. The zero-order valence-electron chi connectivity index (χ0n) is 9.40. The molecule has 0 saturated carbocycles. The van der Waals surface area contributed by atoms with Crippen LogP contribution in [-0.2, 0) is 4.79 Å². The third kappa shape index (κ3) is 6.85. The quantitative estimate of drug-likeness (QED) is 0.629. The molecule has 0 spiro atoms. The Morgan fingerprint density at radius 2 is 1.94 bits per heavy atom. The fourth-order valence-electron chi connectivity index (χ4n) is 1.04. The number of alkyl halides is 5. The van der Waals surface area contributed by atoms with E-state index in [1.165, 1.54) is 0 Å². The molecule has 0 aromatic rings. The molecule has 0 rings (SSSR count). The topological polar surface area (TPSA) is 17.1 Å². The van der Waals surface area contributed by atoms with E-state index in [2.05, 4.69) is 0 Å². The minimum atomic E-state index is -3.99. The van der Waals surface area contributed by atoms with Crippen molar-refractivity contribution in [2.45, 2.75) is 44.5 Å². The monoisotopic (exact) mass is 278 g/mol. The third-order valence-electron chi connectivity index (χ3n) is 2.07. The van der Waals surface area contributed by atoms with E-state index in [0.29, 0.717) is 0 Å². The number of halogens is 5. The van der Waals surface area contributed by atoms with Gasteiger partial charge in [-0.15, -0.1) is 0 Å². The molecule has 1 nitrogen and oxygen atoms in total. The van der Waals surface area contributed by atoms with Crippen LogP contribution >= 0.6 is 11.8 Å². The molecule has 0 aliphatic carbocycles. The molecule has 0 aliphatic heterocycles. The van der Waals surface area contributed by atoms with E-state index in [1.54, 1.807) is 6.92 Å². The van der Waals surface area contributed by atoms with E-state index < -0.39 is 31.4 Å². The molecule has 2 unspecified atom stereocenters. The molecule has 0 aromatic heterocycles. The molecule has 0 bridgehead atoms. The molecule has 0 heterocycles. The SMILES string of the molecule is CCC(=O)SCCC(F)CC(F)(F)C(F)CF. The lowest BCUT2D eigenvalue weighted by molar-refractivity contribution is -0.110. The first-order valence-electron chi connectivity index (χ1n) is 5.21. The Morgan fingerprint density at radius 1 is 1.35 bits per heavy atom. The van der Waals surface area contributed by atoms with Gasteiger partial charge in [-0.05, 0) is 6.42 Å². The molecular formula is C10H15F5OS. The minimum absolute atomic E-state index is 0.0660. The number of hydrogen-bond donors (Lipinski definition) is 0. The van der Waals surface area contributed by atoms with Crippen LogP contribution < -0.4 is 0 Å². The fourth-order valence-corrected chi connectivity index (χ4v) is 1.85. The summed E-state index contributed by atoms with van der Waals surface area (Å²) >= 11 is 0.853. The molecular weight excluding hydrogens is 263 g/mol. The number of carbonyl (C=O) groups excluding carboxylic acids is 1. The molecule has 0 aromatic carbocycles. The van der Waals surface area contributed by atoms with Crippen LogP contribution in [0.2, 0.25) is 0 Å². The Bertz CT molecular complexity index is 237. The highest BCUT2D eigenvalue weighted by Gasteiger charge is 2.42. The van der Waals surface area contributed by atoms with Crippen LogP contribution in [0.1, 0.15) is 26.2 Å². The van der Waals surface area contributed by atoms with Gasteiger partial charge in [0.2, 0.25) is 0 Å². The number of carbonyl (C=O) groups is 1. The second-order valence-corrected chi connectivity index (χ2v) is 4.70. The van der Waals surface area contributed by atoms with Crippen LogP contribution in [0.5, 0.6) is 0 Å². The molecule has 17 heavy (non-hydrogen) atoms. The van der Waals surface area contributed by atoms with Crippen LogP contribution in [-0.4, -0.2) is 35.8 Å². The lowest BCUT2D eigenvalue weighted by Gasteiger charge is -2.20. The predicted molar refractivity (Wildman–Crippen MR) is 57.7 cm³/mol. The van der Waals surface area contributed by atoms with Gasteiger partial charge in [-0.25, -0.2) is 22.0 Å². The second kappa shape index (κ2) is 7.89. The maximum atomic E-state index is 13.1. The van der Waals surface area contributed by atoms with E-state index in [-0.39, 0.29) is 23.7 Å². The smallest absolute Gasteiger partial charge is 0.284 e. The highest BCUT2D eigenvalue weighted by molar-refractivity contribution is 8.13. The van der Waals surface area contributed by atoms with Gasteiger partial charge < -0.3 is 0 Å². The summed E-state index contributed by atoms with van der Waals surface area (Å²) in [5, 5.41) is -0.156. The Hall–Kier alpha value is -0.330. The highest BCUT2D eigenvalue weighted by atomic mass is 32.2. The first-order valence-corrected chi connectivity index (χ1v) is 6.19. The Balaban J connectivity index is 3.92. The molecule has 0 amide bonds. The van der Waals surface area contributed by atoms with Crippen molar-refractivity contribution in [1.82, 2.24) is 0 Å². The summed E-state index contributed by atoms with van der Waals surface area (Å²) in [4.78, 5) is 10.8. The molecule has 0 aliphatic rings. The van der Waals surface area contributed by atoms with Crippen molar-refractivity contribution in [3.63, 3.8) is 0 Å². The van der Waals surface area contributed by atoms with Gasteiger partial charge in [-0.2, -0.15) is 0 Å². The molecule has 0 fully saturated rings. The van der Waals surface area contributed by atoms with Crippen molar-refractivity contribution < 1.29 is 26.7 Å². The Labute approximate surface area is 101 Å². The molecule has 102 valence electrons. The van der Waals surface area contributed by atoms with Gasteiger partial charge in [-0.3, -0.25) is 4.79 Å². The third-order valence-corrected chi connectivity index (χ3v) is 3.12. The van der Waals surface area contributed by atoms with Gasteiger partial charge in [0.15, 0.2) is 11.3 Å². The number of hydrogen-bond acceptors (Lipinski definition) is 2. The van der Waals surface area contributed by atoms with Gasteiger partial charge in [0, 0.05) is 18.6 Å². The van der Waals surface area contributed by atoms with Crippen molar-refractivity contribution >= 4 is 16.9 Å². The summed E-state index contributed by atoms with van der Waals surface area (Å²) in [7, 11) is 0. The Kier molecular flexibility index (Phi) is 7.74.